The normalized spacial score (nSPS) is 18.5. The summed E-state index contributed by atoms with van der Waals surface area (Å²) in [6, 6.07) is 8.48. The highest BCUT2D eigenvalue weighted by atomic mass is 19.1. The van der Waals surface area contributed by atoms with E-state index in [1.165, 1.54) is 6.07 Å². The zero-order valence-electron chi connectivity index (χ0n) is 15.5. The SMILES string of the molecule is NC1=NC2(CCCCC2)N(c2ccc(OCc3cccnc3)c(F)c2)C(N)=N1. The van der Waals surface area contributed by atoms with Gasteiger partial charge in [-0.05, 0) is 43.9 Å². The molecule has 1 saturated carbocycles. The number of anilines is 1. The first-order valence-corrected chi connectivity index (χ1v) is 9.38. The zero-order chi connectivity index (χ0) is 19.6. The smallest absolute Gasteiger partial charge is 0.220 e. The van der Waals surface area contributed by atoms with Gasteiger partial charge in [0.2, 0.25) is 11.9 Å². The second-order valence-corrected chi connectivity index (χ2v) is 7.08. The summed E-state index contributed by atoms with van der Waals surface area (Å²) in [7, 11) is 0. The standard InChI is InChI=1S/C20H23FN6O/c21-16-11-15(6-7-17(16)28-13-14-5-4-10-24-12-14)27-19(23)25-18(22)26-20(27)8-2-1-3-9-20/h4-7,10-12H,1-3,8-9,13H2,(H4,22,23,25,26). The predicted octanol–water partition coefficient (Wildman–Crippen LogP) is 2.91. The van der Waals surface area contributed by atoms with E-state index in [0.717, 1.165) is 37.7 Å². The van der Waals surface area contributed by atoms with Gasteiger partial charge in [0, 0.05) is 29.7 Å². The van der Waals surface area contributed by atoms with Crippen LogP contribution in [0.4, 0.5) is 10.1 Å². The lowest BCUT2D eigenvalue weighted by molar-refractivity contribution is 0.289. The number of aromatic nitrogens is 1. The van der Waals surface area contributed by atoms with Crippen molar-refractivity contribution >= 4 is 17.6 Å². The summed E-state index contributed by atoms with van der Waals surface area (Å²) < 4.78 is 20.4. The Labute approximate surface area is 162 Å². The first kappa shape index (κ1) is 18.2. The van der Waals surface area contributed by atoms with Gasteiger partial charge in [-0.15, -0.1) is 0 Å². The molecule has 1 spiro atoms. The molecular weight excluding hydrogens is 359 g/mol. The molecule has 8 heteroatoms. The van der Waals surface area contributed by atoms with E-state index in [0.29, 0.717) is 5.69 Å². The minimum atomic E-state index is -0.599. The number of aliphatic imine (C=N–C) groups is 2. The fourth-order valence-electron chi connectivity index (χ4n) is 3.89. The topological polar surface area (TPSA) is 102 Å². The van der Waals surface area contributed by atoms with Crippen molar-refractivity contribution < 1.29 is 9.13 Å². The highest BCUT2D eigenvalue weighted by Gasteiger charge is 2.42. The van der Waals surface area contributed by atoms with Crippen LogP contribution in [0.15, 0.2) is 52.7 Å². The minimum Gasteiger partial charge on any atom is -0.486 e. The van der Waals surface area contributed by atoms with Gasteiger partial charge in [0.15, 0.2) is 11.6 Å². The lowest BCUT2D eigenvalue weighted by atomic mass is 9.87. The van der Waals surface area contributed by atoms with Crippen LogP contribution in [0.3, 0.4) is 0 Å². The molecule has 0 unspecified atom stereocenters. The molecule has 1 fully saturated rings. The molecule has 1 aromatic heterocycles. The Bertz CT molecular complexity index is 908. The van der Waals surface area contributed by atoms with Crippen molar-refractivity contribution in [1.29, 1.82) is 0 Å². The third-order valence-corrected chi connectivity index (χ3v) is 5.14. The summed E-state index contributed by atoms with van der Waals surface area (Å²) in [5.74, 6) is 0.105. The molecule has 4 rings (SSSR count). The van der Waals surface area contributed by atoms with Crippen LogP contribution in [0.1, 0.15) is 37.7 Å². The quantitative estimate of drug-likeness (QED) is 0.846. The van der Waals surface area contributed by atoms with Crippen molar-refractivity contribution in [3.63, 3.8) is 0 Å². The van der Waals surface area contributed by atoms with E-state index in [1.54, 1.807) is 29.4 Å². The molecule has 0 bridgehead atoms. The van der Waals surface area contributed by atoms with Crippen LogP contribution in [-0.2, 0) is 6.61 Å². The van der Waals surface area contributed by atoms with Crippen LogP contribution in [0.25, 0.3) is 0 Å². The molecule has 1 aliphatic heterocycles. The third-order valence-electron chi connectivity index (χ3n) is 5.14. The van der Waals surface area contributed by atoms with Crippen LogP contribution < -0.4 is 21.1 Å². The molecule has 7 nitrogen and oxygen atoms in total. The molecule has 2 aromatic rings. The van der Waals surface area contributed by atoms with E-state index >= 15 is 0 Å². The number of nitrogens with two attached hydrogens (primary N) is 2. The summed E-state index contributed by atoms with van der Waals surface area (Å²) in [5.41, 5.74) is 12.9. The molecule has 2 heterocycles. The lowest BCUT2D eigenvalue weighted by Gasteiger charge is -2.45. The summed E-state index contributed by atoms with van der Waals surface area (Å²) in [6.07, 6.45) is 8.12. The number of guanidine groups is 2. The maximum atomic E-state index is 14.8. The number of hydrogen-bond acceptors (Lipinski definition) is 7. The molecular formula is C20H23FN6O. The van der Waals surface area contributed by atoms with Gasteiger partial charge >= 0.3 is 0 Å². The van der Waals surface area contributed by atoms with Gasteiger partial charge in [-0.3, -0.25) is 9.88 Å². The first-order valence-electron chi connectivity index (χ1n) is 9.38. The van der Waals surface area contributed by atoms with Gasteiger partial charge in [0.05, 0.1) is 0 Å². The van der Waals surface area contributed by atoms with Crippen molar-refractivity contribution in [1.82, 2.24) is 4.98 Å². The molecule has 1 aliphatic carbocycles. The van der Waals surface area contributed by atoms with Crippen LogP contribution in [0, 0.1) is 5.82 Å². The van der Waals surface area contributed by atoms with Gasteiger partial charge in [-0.1, -0.05) is 12.5 Å². The molecule has 0 amide bonds. The average Bonchev–Trinajstić information content (AvgIpc) is 2.68. The van der Waals surface area contributed by atoms with Crippen molar-refractivity contribution in [3.05, 3.63) is 54.1 Å². The molecule has 28 heavy (non-hydrogen) atoms. The summed E-state index contributed by atoms with van der Waals surface area (Å²) in [4.78, 5) is 14.5. The van der Waals surface area contributed by atoms with Crippen LogP contribution >= 0.6 is 0 Å². The van der Waals surface area contributed by atoms with E-state index in [4.69, 9.17) is 16.2 Å². The van der Waals surface area contributed by atoms with E-state index in [1.807, 2.05) is 12.1 Å². The number of ether oxygens (including phenoxy) is 1. The maximum absolute atomic E-state index is 14.8. The highest BCUT2D eigenvalue weighted by molar-refractivity contribution is 6.05. The lowest BCUT2D eigenvalue weighted by Crippen LogP contribution is -2.58. The Morgan fingerprint density at radius 2 is 1.96 bits per heavy atom. The second-order valence-electron chi connectivity index (χ2n) is 7.08. The molecule has 1 aromatic carbocycles. The zero-order valence-corrected chi connectivity index (χ0v) is 15.5. The average molecular weight is 382 g/mol. The minimum absolute atomic E-state index is 0.167. The largest absolute Gasteiger partial charge is 0.486 e. The monoisotopic (exact) mass is 382 g/mol. The van der Waals surface area contributed by atoms with Crippen LogP contribution in [0.5, 0.6) is 5.75 Å². The van der Waals surface area contributed by atoms with Crippen LogP contribution in [0.2, 0.25) is 0 Å². The maximum Gasteiger partial charge on any atom is 0.220 e. The third kappa shape index (κ3) is 3.49. The van der Waals surface area contributed by atoms with Gasteiger partial charge in [0.25, 0.3) is 0 Å². The Morgan fingerprint density at radius 3 is 2.68 bits per heavy atom. The molecule has 0 saturated heterocycles. The summed E-state index contributed by atoms with van der Waals surface area (Å²) >= 11 is 0. The van der Waals surface area contributed by atoms with Gasteiger partial charge < -0.3 is 16.2 Å². The molecule has 0 radical (unpaired) electrons. The Balaban J connectivity index is 1.59. The van der Waals surface area contributed by atoms with E-state index in [9.17, 15) is 4.39 Å². The summed E-state index contributed by atoms with van der Waals surface area (Å²) in [5, 5.41) is 0. The number of rotatable bonds is 4. The number of halogens is 1. The molecule has 146 valence electrons. The first-order chi connectivity index (χ1) is 13.6. The fraction of sp³-hybridized carbons (Fsp3) is 0.350. The fourth-order valence-corrected chi connectivity index (χ4v) is 3.89. The highest BCUT2D eigenvalue weighted by Crippen LogP contribution is 2.40. The van der Waals surface area contributed by atoms with Gasteiger partial charge in [-0.25, -0.2) is 9.38 Å². The van der Waals surface area contributed by atoms with Gasteiger partial charge in [-0.2, -0.15) is 4.99 Å². The van der Waals surface area contributed by atoms with Crippen molar-refractivity contribution in [2.45, 2.75) is 44.4 Å². The van der Waals surface area contributed by atoms with Crippen LogP contribution in [-0.4, -0.2) is 22.6 Å². The van der Waals surface area contributed by atoms with Gasteiger partial charge in [0.1, 0.15) is 12.3 Å². The predicted molar refractivity (Wildman–Crippen MR) is 107 cm³/mol. The molecule has 4 N–H and O–H groups in total. The Morgan fingerprint density at radius 1 is 1.14 bits per heavy atom. The van der Waals surface area contributed by atoms with E-state index < -0.39 is 11.5 Å². The molecule has 2 aliphatic rings. The number of pyridine rings is 1. The Hall–Kier alpha value is -3.16. The second kappa shape index (κ2) is 7.46. The van der Waals surface area contributed by atoms with Crippen molar-refractivity contribution in [2.24, 2.45) is 21.5 Å². The van der Waals surface area contributed by atoms with Crippen molar-refractivity contribution in [3.8, 4) is 5.75 Å². The Kier molecular flexibility index (Phi) is 4.85. The summed E-state index contributed by atoms with van der Waals surface area (Å²) in [6.45, 7) is 0.238. The number of benzene rings is 1. The van der Waals surface area contributed by atoms with Crippen molar-refractivity contribution in [2.75, 3.05) is 4.90 Å². The number of hydrogen-bond donors (Lipinski definition) is 2. The van der Waals surface area contributed by atoms with E-state index in [2.05, 4.69) is 15.0 Å². The van der Waals surface area contributed by atoms with E-state index in [-0.39, 0.29) is 24.3 Å². The number of nitrogens with zero attached hydrogens (tertiary/aromatic N) is 4. The molecule has 0 atom stereocenters.